The van der Waals surface area contributed by atoms with E-state index in [-0.39, 0.29) is 22.6 Å². The van der Waals surface area contributed by atoms with Crippen molar-refractivity contribution in [2.45, 2.75) is 32.4 Å². The van der Waals surface area contributed by atoms with Crippen LogP contribution in [0.5, 0.6) is 5.88 Å². The number of nitrogens with one attached hydrogen (secondary N) is 1. The van der Waals surface area contributed by atoms with E-state index in [0.29, 0.717) is 22.6 Å². The lowest BCUT2D eigenvalue weighted by molar-refractivity contribution is -0.137. The van der Waals surface area contributed by atoms with Gasteiger partial charge in [-0.2, -0.15) is 13.2 Å². The summed E-state index contributed by atoms with van der Waals surface area (Å²) in [6, 6.07) is 8.56. The normalized spacial score (nSPS) is 12.5. The summed E-state index contributed by atoms with van der Waals surface area (Å²) in [6.45, 7) is 6.01. The average molecular weight is 416 g/mol. The molecule has 156 valence electrons. The number of hydrogen-bond acceptors (Lipinski definition) is 5. The van der Waals surface area contributed by atoms with Crippen molar-refractivity contribution in [3.8, 4) is 28.7 Å². The molecule has 3 heterocycles. The molecule has 3 aromatic heterocycles. The topological polar surface area (TPSA) is 76.8 Å². The molecular weight excluding hydrogens is 397 g/mol. The molecule has 6 nitrogen and oxygen atoms in total. The van der Waals surface area contributed by atoms with Crippen molar-refractivity contribution < 1.29 is 22.4 Å². The SMILES string of the molecule is COc1nc(-c2ccccc2C(F)(F)F)cc2[nH]c(-c3cc(C(C)(C)C)no3)nc12. The average Bonchev–Trinajstić information content (AvgIpc) is 3.33. The Bertz CT molecular complexity index is 1220. The Morgan fingerprint density at radius 1 is 1.03 bits per heavy atom. The monoisotopic (exact) mass is 416 g/mol. The highest BCUT2D eigenvalue weighted by Gasteiger charge is 2.34. The first-order valence-electron chi connectivity index (χ1n) is 9.17. The predicted octanol–water partition coefficient (Wildman–Crippen LogP) is 5.60. The molecule has 0 aliphatic heterocycles. The Labute approximate surface area is 170 Å². The lowest BCUT2D eigenvalue weighted by Crippen LogP contribution is -2.10. The first kappa shape index (κ1) is 19.9. The number of rotatable bonds is 3. The van der Waals surface area contributed by atoms with E-state index in [0.717, 1.165) is 11.8 Å². The molecular formula is C21H19F3N4O2. The summed E-state index contributed by atoms with van der Waals surface area (Å²) in [5, 5.41) is 4.07. The van der Waals surface area contributed by atoms with E-state index in [1.165, 1.54) is 31.4 Å². The second-order valence-corrected chi connectivity index (χ2v) is 7.87. The fourth-order valence-corrected chi connectivity index (χ4v) is 3.08. The van der Waals surface area contributed by atoms with Crippen LogP contribution in [0.4, 0.5) is 13.2 Å². The van der Waals surface area contributed by atoms with Crippen molar-refractivity contribution in [2.24, 2.45) is 0 Å². The maximum Gasteiger partial charge on any atom is 0.417 e. The summed E-state index contributed by atoms with van der Waals surface area (Å²) in [7, 11) is 1.39. The molecule has 4 rings (SSSR count). The zero-order valence-corrected chi connectivity index (χ0v) is 16.8. The summed E-state index contributed by atoms with van der Waals surface area (Å²) in [5.74, 6) is 0.905. The number of halogens is 3. The van der Waals surface area contributed by atoms with Crippen LogP contribution in [0.25, 0.3) is 33.9 Å². The highest BCUT2D eigenvalue weighted by atomic mass is 19.4. The fourth-order valence-electron chi connectivity index (χ4n) is 3.08. The minimum atomic E-state index is -4.51. The number of aromatic amines is 1. The number of H-pyrrole nitrogens is 1. The molecule has 9 heteroatoms. The van der Waals surface area contributed by atoms with E-state index in [1.54, 1.807) is 6.07 Å². The van der Waals surface area contributed by atoms with Gasteiger partial charge in [-0.1, -0.05) is 44.1 Å². The minimum Gasteiger partial charge on any atom is -0.479 e. The lowest BCUT2D eigenvalue weighted by atomic mass is 9.92. The van der Waals surface area contributed by atoms with Gasteiger partial charge in [0.2, 0.25) is 11.6 Å². The van der Waals surface area contributed by atoms with E-state index in [9.17, 15) is 13.2 Å². The number of methoxy groups -OCH3 is 1. The molecule has 0 spiro atoms. The summed E-state index contributed by atoms with van der Waals surface area (Å²) < 4.78 is 51.1. The van der Waals surface area contributed by atoms with E-state index < -0.39 is 11.7 Å². The van der Waals surface area contributed by atoms with Crippen molar-refractivity contribution in [1.29, 1.82) is 0 Å². The third-order valence-corrected chi connectivity index (χ3v) is 4.65. The second kappa shape index (κ2) is 6.86. The van der Waals surface area contributed by atoms with Gasteiger partial charge in [-0.15, -0.1) is 0 Å². The quantitative estimate of drug-likeness (QED) is 0.470. The van der Waals surface area contributed by atoms with Crippen molar-refractivity contribution in [2.75, 3.05) is 7.11 Å². The number of aromatic nitrogens is 4. The van der Waals surface area contributed by atoms with Crippen molar-refractivity contribution in [3.05, 3.63) is 47.7 Å². The smallest absolute Gasteiger partial charge is 0.417 e. The van der Waals surface area contributed by atoms with Crippen LogP contribution in [0, 0.1) is 0 Å². The molecule has 4 aromatic rings. The van der Waals surface area contributed by atoms with Gasteiger partial charge in [-0.05, 0) is 12.1 Å². The second-order valence-electron chi connectivity index (χ2n) is 7.87. The highest BCUT2D eigenvalue weighted by Crippen LogP contribution is 2.38. The first-order valence-corrected chi connectivity index (χ1v) is 9.17. The number of imidazole rings is 1. The standard InChI is InChI=1S/C21H19F3N4O2/c1-20(2,3)16-10-15(30-28-16)18-25-14-9-13(26-19(29-4)17(14)27-18)11-7-5-6-8-12(11)21(22,23)24/h5-10H,1-4H3,(H,25,27). The van der Waals surface area contributed by atoms with Crippen molar-refractivity contribution in [1.82, 2.24) is 20.1 Å². The van der Waals surface area contributed by atoms with Crippen molar-refractivity contribution in [3.63, 3.8) is 0 Å². The van der Waals surface area contributed by atoms with Crippen LogP contribution in [-0.4, -0.2) is 27.2 Å². The number of nitrogens with zero attached hydrogens (tertiary/aromatic N) is 3. The van der Waals surface area contributed by atoms with Gasteiger partial charge in [0.25, 0.3) is 0 Å². The van der Waals surface area contributed by atoms with E-state index in [2.05, 4.69) is 20.1 Å². The van der Waals surface area contributed by atoms with Crippen LogP contribution in [0.2, 0.25) is 0 Å². The molecule has 0 fully saturated rings. The largest absolute Gasteiger partial charge is 0.479 e. The Balaban J connectivity index is 1.86. The molecule has 0 saturated carbocycles. The predicted molar refractivity (Wildman–Crippen MR) is 105 cm³/mol. The Hall–Kier alpha value is -3.36. The third-order valence-electron chi connectivity index (χ3n) is 4.65. The summed E-state index contributed by atoms with van der Waals surface area (Å²) >= 11 is 0. The van der Waals surface area contributed by atoms with E-state index in [4.69, 9.17) is 9.26 Å². The van der Waals surface area contributed by atoms with Crippen LogP contribution in [0.1, 0.15) is 32.0 Å². The molecule has 0 radical (unpaired) electrons. The minimum absolute atomic E-state index is 0.0453. The first-order chi connectivity index (χ1) is 14.1. The number of fused-ring (bicyclic) bond motifs is 1. The van der Waals surface area contributed by atoms with Crippen LogP contribution in [-0.2, 0) is 11.6 Å². The molecule has 0 saturated heterocycles. The fraction of sp³-hybridized carbons (Fsp3) is 0.286. The van der Waals surface area contributed by atoms with Gasteiger partial charge in [0.15, 0.2) is 11.3 Å². The Kier molecular flexibility index (Phi) is 4.56. The van der Waals surface area contributed by atoms with Crippen LogP contribution in [0.15, 0.2) is 40.9 Å². The lowest BCUT2D eigenvalue weighted by Gasteiger charge is -2.12. The highest BCUT2D eigenvalue weighted by molar-refractivity contribution is 5.87. The third kappa shape index (κ3) is 3.51. The van der Waals surface area contributed by atoms with Crippen LogP contribution < -0.4 is 4.74 Å². The number of pyridine rings is 1. The number of benzene rings is 1. The Morgan fingerprint density at radius 3 is 2.40 bits per heavy atom. The summed E-state index contributed by atoms with van der Waals surface area (Å²) in [4.78, 5) is 11.8. The Morgan fingerprint density at radius 2 is 1.77 bits per heavy atom. The maximum atomic E-state index is 13.5. The van der Waals surface area contributed by atoms with Crippen LogP contribution in [0.3, 0.4) is 0 Å². The molecule has 1 N–H and O–H groups in total. The zero-order valence-electron chi connectivity index (χ0n) is 16.8. The number of alkyl halides is 3. The zero-order chi connectivity index (χ0) is 21.7. The number of hydrogen-bond donors (Lipinski definition) is 1. The van der Waals surface area contributed by atoms with Gasteiger partial charge in [0, 0.05) is 17.0 Å². The van der Waals surface area contributed by atoms with Gasteiger partial charge >= 0.3 is 6.18 Å². The molecule has 0 bridgehead atoms. The summed E-state index contributed by atoms with van der Waals surface area (Å²) in [5.41, 5.74) is 0.701. The molecule has 0 unspecified atom stereocenters. The van der Waals surface area contributed by atoms with Gasteiger partial charge in [-0.25, -0.2) is 9.97 Å². The molecule has 0 amide bonds. The molecule has 30 heavy (non-hydrogen) atoms. The molecule has 0 aliphatic carbocycles. The van der Waals surface area contributed by atoms with Gasteiger partial charge in [0.05, 0.1) is 29.6 Å². The molecule has 0 atom stereocenters. The van der Waals surface area contributed by atoms with Crippen molar-refractivity contribution >= 4 is 11.0 Å². The number of ether oxygens (including phenoxy) is 1. The van der Waals surface area contributed by atoms with E-state index in [1.807, 2.05) is 20.8 Å². The van der Waals surface area contributed by atoms with Gasteiger partial charge < -0.3 is 14.2 Å². The van der Waals surface area contributed by atoms with Gasteiger partial charge in [-0.3, -0.25) is 0 Å². The summed E-state index contributed by atoms with van der Waals surface area (Å²) in [6.07, 6.45) is -4.51. The molecule has 1 aromatic carbocycles. The van der Waals surface area contributed by atoms with Crippen LogP contribution >= 0.6 is 0 Å². The molecule has 0 aliphatic rings. The van der Waals surface area contributed by atoms with Gasteiger partial charge in [0.1, 0.15) is 0 Å². The maximum absolute atomic E-state index is 13.5. The van der Waals surface area contributed by atoms with E-state index >= 15 is 0 Å².